The van der Waals surface area contributed by atoms with Crippen molar-refractivity contribution in [2.45, 2.75) is 6.10 Å². The molecule has 32 heavy (non-hydrogen) atoms. The maximum atomic E-state index is 13.0. The maximum Gasteiger partial charge on any atom is 0.339 e. The van der Waals surface area contributed by atoms with Gasteiger partial charge in [-0.25, -0.2) is 4.79 Å². The molecule has 0 radical (unpaired) electrons. The molecule has 1 atom stereocenters. The van der Waals surface area contributed by atoms with Crippen LogP contribution in [0.25, 0.3) is 32.7 Å². The fraction of sp³-hybridized carbons (Fsp3) is 0.0690. The second-order valence-corrected chi connectivity index (χ2v) is 8.02. The first-order valence-electron chi connectivity index (χ1n) is 10.6. The first kappa shape index (κ1) is 18.6. The van der Waals surface area contributed by atoms with Gasteiger partial charge in [-0.2, -0.15) is 0 Å². The Bertz CT molecular complexity index is 1490. The van der Waals surface area contributed by atoms with Crippen LogP contribution in [0, 0.1) is 0 Å². The van der Waals surface area contributed by atoms with Crippen molar-refractivity contribution in [2.24, 2.45) is 0 Å². The molecule has 6 rings (SSSR count). The monoisotopic (exact) mass is 416 g/mol. The molecule has 0 N–H and O–H groups in total. The molecule has 0 spiro atoms. The normalized spacial score (nSPS) is 15.0. The van der Waals surface area contributed by atoms with Crippen LogP contribution in [0.1, 0.15) is 27.6 Å². The second kappa shape index (κ2) is 7.24. The smallest absolute Gasteiger partial charge is 0.339 e. The van der Waals surface area contributed by atoms with Crippen molar-refractivity contribution in [3.8, 4) is 16.9 Å². The Morgan fingerprint density at radius 2 is 1.41 bits per heavy atom. The molecule has 1 unspecified atom stereocenters. The summed E-state index contributed by atoms with van der Waals surface area (Å²) < 4.78 is 11.3. The van der Waals surface area contributed by atoms with E-state index in [4.69, 9.17) is 9.47 Å². The largest absolute Gasteiger partial charge is 0.497 e. The van der Waals surface area contributed by atoms with Gasteiger partial charge >= 0.3 is 5.97 Å². The van der Waals surface area contributed by atoms with Crippen LogP contribution in [-0.2, 0) is 4.74 Å². The van der Waals surface area contributed by atoms with Crippen LogP contribution in [-0.4, -0.2) is 13.1 Å². The number of esters is 1. The van der Waals surface area contributed by atoms with Gasteiger partial charge < -0.3 is 9.47 Å². The fourth-order valence-electron chi connectivity index (χ4n) is 4.78. The van der Waals surface area contributed by atoms with Crippen molar-refractivity contribution < 1.29 is 14.3 Å². The summed E-state index contributed by atoms with van der Waals surface area (Å²) in [5.74, 6) is 0.485. The summed E-state index contributed by atoms with van der Waals surface area (Å²) in [6.07, 6.45) is -0.470. The predicted molar refractivity (Wildman–Crippen MR) is 127 cm³/mol. The van der Waals surface area contributed by atoms with E-state index in [1.165, 1.54) is 0 Å². The van der Waals surface area contributed by atoms with Crippen LogP contribution in [0.3, 0.4) is 0 Å². The lowest BCUT2D eigenvalue weighted by molar-refractivity contribution is 0.0456. The molecule has 1 aliphatic heterocycles. The van der Waals surface area contributed by atoms with E-state index in [0.29, 0.717) is 5.56 Å². The van der Waals surface area contributed by atoms with E-state index in [1.807, 2.05) is 48.5 Å². The van der Waals surface area contributed by atoms with Crippen molar-refractivity contribution in [1.29, 1.82) is 0 Å². The average molecular weight is 416 g/mol. The molecule has 0 bridgehead atoms. The molecule has 0 aromatic heterocycles. The number of carbonyl (C=O) groups is 1. The predicted octanol–water partition coefficient (Wildman–Crippen LogP) is 6.93. The van der Waals surface area contributed by atoms with Gasteiger partial charge in [0.2, 0.25) is 0 Å². The number of fused-ring (bicyclic) bond motifs is 3. The fourth-order valence-corrected chi connectivity index (χ4v) is 4.78. The summed E-state index contributed by atoms with van der Waals surface area (Å²) in [4.78, 5) is 13.0. The first-order chi connectivity index (χ1) is 15.7. The summed E-state index contributed by atoms with van der Waals surface area (Å²) in [5.41, 5.74) is 4.65. The Morgan fingerprint density at radius 1 is 0.719 bits per heavy atom. The topological polar surface area (TPSA) is 35.5 Å². The van der Waals surface area contributed by atoms with Crippen LogP contribution < -0.4 is 4.74 Å². The molecule has 5 aromatic carbocycles. The van der Waals surface area contributed by atoms with E-state index in [2.05, 4.69) is 48.5 Å². The Kier molecular flexibility index (Phi) is 4.22. The Labute approximate surface area is 185 Å². The quantitative estimate of drug-likeness (QED) is 0.299. The van der Waals surface area contributed by atoms with Crippen LogP contribution in [0.4, 0.5) is 0 Å². The lowest BCUT2D eigenvalue weighted by Crippen LogP contribution is -2.02. The van der Waals surface area contributed by atoms with Gasteiger partial charge in [-0.15, -0.1) is 0 Å². The molecule has 1 heterocycles. The van der Waals surface area contributed by atoms with Gasteiger partial charge in [0.1, 0.15) is 5.75 Å². The van der Waals surface area contributed by atoms with Crippen molar-refractivity contribution in [3.05, 3.63) is 114 Å². The molecule has 0 amide bonds. The molecule has 154 valence electrons. The molecule has 3 heteroatoms. The minimum Gasteiger partial charge on any atom is -0.497 e. The summed E-state index contributed by atoms with van der Waals surface area (Å²) in [6.45, 7) is 0. The number of cyclic esters (lactones) is 1. The van der Waals surface area contributed by atoms with Gasteiger partial charge in [0.25, 0.3) is 0 Å². The number of carbonyl (C=O) groups excluding carboxylic acids is 1. The Hall–Kier alpha value is -4.11. The van der Waals surface area contributed by atoms with Gasteiger partial charge in [0, 0.05) is 5.56 Å². The molecule has 0 aliphatic carbocycles. The lowest BCUT2D eigenvalue weighted by Gasteiger charge is -2.19. The number of ether oxygens (including phenoxy) is 2. The zero-order chi connectivity index (χ0) is 21.7. The van der Waals surface area contributed by atoms with Gasteiger partial charge in [0.15, 0.2) is 6.10 Å². The molecule has 5 aromatic rings. The Morgan fingerprint density at radius 3 is 2.19 bits per heavy atom. The number of benzene rings is 5. The summed E-state index contributed by atoms with van der Waals surface area (Å²) in [6, 6.07) is 32.6. The van der Waals surface area contributed by atoms with E-state index in [0.717, 1.165) is 49.5 Å². The number of hydrogen-bond donors (Lipinski definition) is 0. The lowest BCUT2D eigenvalue weighted by atomic mass is 9.85. The van der Waals surface area contributed by atoms with Crippen LogP contribution >= 0.6 is 0 Å². The molecule has 0 fully saturated rings. The van der Waals surface area contributed by atoms with Crippen LogP contribution in [0.15, 0.2) is 97.1 Å². The van der Waals surface area contributed by atoms with E-state index in [1.54, 1.807) is 7.11 Å². The van der Waals surface area contributed by atoms with Gasteiger partial charge in [-0.3, -0.25) is 0 Å². The SMILES string of the molecule is COc1ccc(C2OC(=O)c3cc4ccccc4c(-c4cccc5ccccc45)c32)cc1. The zero-order valence-electron chi connectivity index (χ0n) is 17.5. The number of methoxy groups -OCH3 is 1. The molecule has 1 aliphatic rings. The summed E-state index contributed by atoms with van der Waals surface area (Å²) in [5, 5.41) is 4.46. The van der Waals surface area contributed by atoms with E-state index in [-0.39, 0.29) is 5.97 Å². The van der Waals surface area contributed by atoms with Crippen LogP contribution in [0.2, 0.25) is 0 Å². The minimum atomic E-state index is -0.470. The molecule has 0 saturated heterocycles. The average Bonchev–Trinajstić information content (AvgIpc) is 3.18. The summed E-state index contributed by atoms with van der Waals surface area (Å²) >= 11 is 0. The van der Waals surface area contributed by atoms with Crippen molar-refractivity contribution >= 4 is 27.5 Å². The third kappa shape index (κ3) is 2.78. The van der Waals surface area contributed by atoms with Crippen molar-refractivity contribution in [3.63, 3.8) is 0 Å². The van der Waals surface area contributed by atoms with Crippen molar-refractivity contribution in [2.75, 3.05) is 7.11 Å². The molecular weight excluding hydrogens is 396 g/mol. The van der Waals surface area contributed by atoms with Gasteiger partial charge in [0.05, 0.1) is 12.7 Å². The third-order valence-corrected chi connectivity index (χ3v) is 6.27. The highest BCUT2D eigenvalue weighted by Gasteiger charge is 2.36. The van der Waals surface area contributed by atoms with Gasteiger partial charge in [-0.1, -0.05) is 78.9 Å². The highest BCUT2D eigenvalue weighted by molar-refractivity contribution is 6.11. The third-order valence-electron chi connectivity index (χ3n) is 6.27. The standard InChI is InChI=1S/C29H20O3/c1-31-21-15-13-19(14-16-21)28-27-25(29(30)32-28)17-20-8-3-5-11-23(20)26(27)24-12-6-9-18-7-2-4-10-22(18)24/h2-17,28H,1H3. The maximum absolute atomic E-state index is 13.0. The minimum absolute atomic E-state index is 0.284. The van der Waals surface area contributed by atoms with E-state index < -0.39 is 6.10 Å². The van der Waals surface area contributed by atoms with Gasteiger partial charge in [-0.05, 0) is 56.4 Å². The second-order valence-electron chi connectivity index (χ2n) is 8.02. The summed E-state index contributed by atoms with van der Waals surface area (Å²) in [7, 11) is 1.64. The number of hydrogen-bond acceptors (Lipinski definition) is 3. The van der Waals surface area contributed by atoms with Crippen molar-refractivity contribution in [1.82, 2.24) is 0 Å². The zero-order valence-corrected chi connectivity index (χ0v) is 17.5. The first-order valence-corrected chi connectivity index (χ1v) is 10.6. The highest BCUT2D eigenvalue weighted by atomic mass is 16.5. The molecular formula is C29H20O3. The molecule has 3 nitrogen and oxygen atoms in total. The van der Waals surface area contributed by atoms with Crippen LogP contribution in [0.5, 0.6) is 5.75 Å². The highest BCUT2D eigenvalue weighted by Crippen LogP contribution is 2.47. The molecule has 0 saturated carbocycles. The number of rotatable bonds is 3. The van der Waals surface area contributed by atoms with E-state index >= 15 is 0 Å². The Balaban J connectivity index is 1.70. The van der Waals surface area contributed by atoms with E-state index in [9.17, 15) is 4.79 Å².